The van der Waals surface area contributed by atoms with E-state index in [1.54, 1.807) is 19.2 Å². The molecule has 1 aliphatic heterocycles. The Morgan fingerprint density at radius 3 is 2.46 bits per heavy atom. The van der Waals surface area contributed by atoms with Gasteiger partial charge in [-0.25, -0.2) is 4.79 Å². The topological polar surface area (TPSA) is 109 Å². The van der Waals surface area contributed by atoms with Gasteiger partial charge in [-0.3, -0.25) is 4.98 Å². The summed E-state index contributed by atoms with van der Waals surface area (Å²) >= 11 is 0. The van der Waals surface area contributed by atoms with Gasteiger partial charge in [0.1, 0.15) is 0 Å². The molecule has 116 valence electrons. The van der Waals surface area contributed by atoms with Crippen molar-refractivity contribution in [3.05, 3.63) is 48.2 Å². The molecule has 0 bridgehead atoms. The van der Waals surface area contributed by atoms with Crippen LogP contribution in [0.4, 0.5) is 4.79 Å². The molecule has 0 atom stereocenters. The number of hydrogen-bond donors (Lipinski definition) is 1. The monoisotopic (exact) mass is 317 g/mol. The van der Waals surface area contributed by atoms with Gasteiger partial charge in [-0.1, -0.05) is 24.3 Å². The summed E-state index contributed by atoms with van der Waals surface area (Å²) < 4.78 is 0. The number of nitrogens with zero attached hydrogens (tertiary/aromatic N) is 6. The molecule has 0 unspecified atom stereocenters. The Labute approximate surface area is 136 Å². The van der Waals surface area contributed by atoms with Crippen LogP contribution in [-0.2, 0) is 0 Å². The van der Waals surface area contributed by atoms with E-state index in [1.165, 1.54) is 0 Å². The van der Waals surface area contributed by atoms with E-state index in [1.807, 2.05) is 30.3 Å². The van der Waals surface area contributed by atoms with E-state index in [0.29, 0.717) is 22.9 Å². The second kappa shape index (κ2) is 5.58. The van der Waals surface area contributed by atoms with E-state index in [0.717, 1.165) is 16.7 Å². The molecule has 0 saturated heterocycles. The lowest BCUT2D eigenvalue weighted by atomic mass is 9.96. The first-order chi connectivity index (χ1) is 11.7. The standard InChI is InChI=1S/C16H11N7O/c1-9-13(19-16(24)18-9)12-7-4-8-17-14(12)10-5-2-3-6-11(10)15-20-22-23-21-15/h2-8H,1H3,(H,20,21,22,23). The lowest BCUT2D eigenvalue weighted by Gasteiger charge is -2.11. The van der Waals surface area contributed by atoms with E-state index in [2.05, 4.69) is 35.6 Å². The van der Waals surface area contributed by atoms with Gasteiger partial charge in [-0.15, -0.1) is 10.2 Å². The molecule has 3 aromatic rings. The highest BCUT2D eigenvalue weighted by molar-refractivity contribution is 6.53. The molecule has 8 nitrogen and oxygen atoms in total. The molecule has 0 spiro atoms. The summed E-state index contributed by atoms with van der Waals surface area (Å²) in [4.78, 5) is 23.9. The number of pyridine rings is 1. The number of aromatic nitrogens is 5. The van der Waals surface area contributed by atoms with Crippen molar-refractivity contribution in [1.29, 1.82) is 0 Å². The maximum atomic E-state index is 11.5. The summed E-state index contributed by atoms with van der Waals surface area (Å²) in [5, 5.41) is 14.1. The third-order valence-electron chi connectivity index (χ3n) is 3.64. The lowest BCUT2D eigenvalue weighted by Crippen LogP contribution is -2.11. The second-order valence-electron chi connectivity index (χ2n) is 5.12. The van der Waals surface area contributed by atoms with Crippen molar-refractivity contribution in [1.82, 2.24) is 25.6 Å². The molecular weight excluding hydrogens is 306 g/mol. The van der Waals surface area contributed by atoms with Crippen LogP contribution < -0.4 is 0 Å². The quantitative estimate of drug-likeness (QED) is 0.797. The minimum absolute atomic E-state index is 0.469. The van der Waals surface area contributed by atoms with Crippen LogP contribution in [-0.4, -0.2) is 43.1 Å². The van der Waals surface area contributed by atoms with Crippen LogP contribution in [0.15, 0.2) is 52.6 Å². The summed E-state index contributed by atoms with van der Waals surface area (Å²) in [5.74, 6) is 0.469. The van der Waals surface area contributed by atoms with Gasteiger partial charge in [-0.2, -0.15) is 15.2 Å². The Morgan fingerprint density at radius 2 is 1.75 bits per heavy atom. The van der Waals surface area contributed by atoms with Crippen molar-refractivity contribution in [2.75, 3.05) is 0 Å². The fraction of sp³-hybridized carbons (Fsp3) is 0.0625. The fourth-order valence-electron chi connectivity index (χ4n) is 2.62. The number of rotatable bonds is 3. The summed E-state index contributed by atoms with van der Waals surface area (Å²) in [5.41, 5.74) is 4.13. The van der Waals surface area contributed by atoms with Crippen LogP contribution in [0.3, 0.4) is 0 Å². The number of nitrogens with one attached hydrogen (secondary N) is 1. The number of carbonyl (C=O) groups is 1. The Hall–Kier alpha value is -3.55. The van der Waals surface area contributed by atoms with Crippen molar-refractivity contribution < 1.29 is 4.79 Å². The first kappa shape index (κ1) is 14.1. The second-order valence-corrected chi connectivity index (χ2v) is 5.12. The first-order valence-electron chi connectivity index (χ1n) is 7.21. The molecule has 1 N–H and O–H groups in total. The molecule has 1 aromatic carbocycles. The summed E-state index contributed by atoms with van der Waals surface area (Å²) in [7, 11) is 0. The molecule has 0 aliphatic carbocycles. The van der Waals surface area contributed by atoms with Crippen molar-refractivity contribution >= 4 is 17.5 Å². The van der Waals surface area contributed by atoms with Crippen LogP contribution in [0, 0.1) is 0 Å². The van der Waals surface area contributed by atoms with Crippen LogP contribution >= 0.6 is 0 Å². The first-order valence-corrected chi connectivity index (χ1v) is 7.21. The van der Waals surface area contributed by atoms with Crippen molar-refractivity contribution in [3.8, 4) is 22.6 Å². The van der Waals surface area contributed by atoms with E-state index >= 15 is 0 Å². The Morgan fingerprint density at radius 1 is 0.958 bits per heavy atom. The zero-order valence-electron chi connectivity index (χ0n) is 12.6. The molecule has 2 aromatic heterocycles. The SMILES string of the molecule is CC1=NC(=O)N=C1c1cccnc1-c1ccccc1-c1nn[nH]n1. The van der Waals surface area contributed by atoms with Crippen LogP contribution in [0.5, 0.6) is 0 Å². The number of tetrazole rings is 1. The molecule has 2 amide bonds. The van der Waals surface area contributed by atoms with Gasteiger partial charge in [0.25, 0.3) is 0 Å². The van der Waals surface area contributed by atoms with E-state index in [4.69, 9.17) is 0 Å². The average Bonchev–Trinajstić information content (AvgIpc) is 3.24. The smallest absolute Gasteiger partial charge is 0.256 e. The van der Waals surface area contributed by atoms with Gasteiger partial charge in [0.15, 0.2) is 0 Å². The normalized spacial score (nSPS) is 13.8. The van der Waals surface area contributed by atoms with Crippen LogP contribution in [0.25, 0.3) is 22.6 Å². The highest BCUT2D eigenvalue weighted by Gasteiger charge is 2.22. The minimum atomic E-state index is -0.497. The van der Waals surface area contributed by atoms with E-state index < -0.39 is 6.03 Å². The maximum Gasteiger partial charge on any atom is 0.367 e. The number of amides is 2. The van der Waals surface area contributed by atoms with E-state index in [-0.39, 0.29) is 0 Å². The third-order valence-corrected chi connectivity index (χ3v) is 3.64. The molecule has 3 heterocycles. The number of H-pyrrole nitrogens is 1. The van der Waals surface area contributed by atoms with Crippen molar-refractivity contribution in [2.45, 2.75) is 6.92 Å². The molecule has 0 radical (unpaired) electrons. The van der Waals surface area contributed by atoms with Gasteiger partial charge >= 0.3 is 6.03 Å². The lowest BCUT2D eigenvalue weighted by molar-refractivity contribution is 0.257. The number of aromatic amines is 1. The summed E-state index contributed by atoms with van der Waals surface area (Å²) in [6.45, 7) is 1.76. The largest absolute Gasteiger partial charge is 0.367 e. The van der Waals surface area contributed by atoms with Crippen LogP contribution in [0.1, 0.15) is 12.5 Å². The fourth-order valence-corrected chi connectivity index (χ4v) is 2.62. The summed E-state index contributed by atoms with van der Waals surface area (Å²) in [6, 6.07) is 10.8. The highest BCUT2D eigenvalue weighted by atomic mass is 16.2. The molecule has 1 aliphatic rings. The van der Waals surface area contributed by atoms with Gasteiger partial charge in [-0.05, 0) is 24.3 Å². The van der Waals surface area contributed by atoms with Gasteiger partial charge < -0.3 is 0 Å². The minimum Gasteiger partial charge on any atom is -0.256 e. The molecule has 0 fully saturated rings. The zero-order valence-corrected chi connectivity index (χ0v) is 12.6. The van der Waals surface area contributed by atoms with Crippen molar-refractivity contribution in [2.24, 2.45) is 9.98 Å². The van der Waals surface area contributed by atoms with Crippen LogP contribution in [0.2, 0.25) is 0 Å². The number of aliphatic imine (C=N–C) groups is 2. The predicted octanol–water partition coefficient (Wildman–Crippen LogP) is 2.31. The van der Waals surface area contributed by atoms with Gasteiger partial charge in [0, 0.05) is 22.9 Å². The third kappa shape index (κ3) is 2.30. The predicted molar refractivity (Wildman–Crippen MR) is 87.9 cm³/mol. The maximum absolute atomic E-state index is 11.5. The van der Waals surface area contributed by atoms with Gasteiger partial charge in [0.2, 0.25) is 5.82 Å². The van der Waals surface area contributed by atoms with E-state index in [9.17, 15) is 4.79 Å². The molecule has 0 saturated carbocycles. The number of hydrogen-bond acceptors (Lipinski definition) is 5. The molecule has 24 heavy (non-hydrogen) atoms. The number of carbonyl (C=O) groups excluding carboxylic acids is 1. The Balaban J connectivity index is 1.93. The van der Waals surface area contributed by atoms with Gasteiger partial charge in [0.05, 0.1) is 17.1 Å². The zero-order chi connectivity index (χ0) is 16.5. The highest BCUT2D eigenvalue weighted by Crippen LogP contribution is 2.31. The van der Waals surface area contributed by atoms with Crippen molar-refractivity contribution in [3.63, 3.8) is 0 Å². The molecule has 8 heteroatoms. The summed E-state index contributed by atoms with van der Waals surface area (Å²) in [6.07, 6.45) is 1.69. The Kier molecular flexibility index (Phi) is 3.27. The molecular formula is C16H11N7O. The Bertz CT molecular complexity index is 989. The average molecular weight is 317 g/mol. The number of urea groups is 1. The number of benzene rings is 1. The molecule has 4 rings (SSSR count).